The highest BCUT2D eigenvalue weighted by atomic mass is 32.1. The lowest BCUT2D eigenvalue weighted by molar-refractivity contribution is 0.0892. The molecule has 0 radical (unpaired) electrons. The van der Waals surface area contributed by atoms with Crippen molar-refractivity contribution in [3.63, 3.8) is 0 Å². The van der Waals surface area contributed by atoms with Crippen LogP contribution in [-0.4, -0.2) is 32.1 Å². The molecule has 1 aromatic rings. The minimum Gasteiger partial charge on any atom is -0.379 e. The largest absolute Gasteiger partial charge is 0.379 e. The van der Waals surface area contributed by atoms with Crippen LogP contribution in [0.15, 0.2) is 11.4 Å². The molecule has 1 saturated heterocycles. The standard InChI is InChI=1S/C11H15NO2S/c1-7-8(3-4-15-7)11(13)9-5-14-6-10(9)12-2/h3-4,9-10,12H,5-6H2,1-2H3. The van der Waals surface area contributed by atoms with Crippen molar-refractivity contribution in [2.45, 2.75) is 13.0 Å². The molecule has 3 nitrogen and oxygen atoms in total. The van der Waals surface area contributed by atoms with Crippen LogP contribution < -0.4 is 5.32 Å². The number of hydrogen-bond donors (Lipinski definition) is 1. The van der Waals surface area contributed by atoms with Gasteiger partial charge in [-0.3, -0.25) is 4.79 Å². The fraction of sp³-hybridized carbons (Fsp3) is 0.545. The van der Waals surface area contributed by atoms with Gasteiger partial charge in [0.05, 0.1) is 19.1 Å². The van der Waals surface area contributed by atoms with Gasteiger partial charge in [-0.2, -0.15) is 0 Å². The van der Waals surface area contributed by atoms with E-state index in [2.05, 4.69) is 5.32 Å². The van der Waals surface area contributed by atoms with Crippen LogP contribution in [0.5, 0.6) is 0 Å². The van der Waals surface area contributed by atoms with Crippen LogP contribution in [0.1, 0.15) is 15.2 Å². The molecule has 2 unspecified atom stereocenters. The second-order valence-electron chi connectivity index (χ2n) is 3.79. The van der Waals surface area contributed by atoms with E-state index in [1.807, 2.05) is 25.4 Å². The maximum atomic E-state index is 12.2. The van der Waals surface area contributed by atoms with E-state index < -0.39 is 0 Å². The summed E-state index contributed by atoms with van der Waals surface area (Å²) in [6.07, 6.45) is 0. The summed E-state index contributed by atoms with van der Waals surface area (Å²) in [7, 11) is 1.88. The zero-order valence-corrected chi connectivity index (χ0v) is 9.76. The van der Waals surface area contributed by atoms with Crippen LogP contribution in [0.2, 0.25) is 0 Å². The number of carbonyl (C=O) groups is 1. The molecular formula is C11H15NO2S. The van der Waals surface area contributed by atoms with Crippen molar-refractivity contribution in [2.24, 2.45) is 5.92 Å². The van der Waals surface area contributed by atoms with Crippen molar-refractivity contribution >= 4 is 17.1 Å². The molecule has 15 heavy (non-hydrogen) atoms. The van der Waals surface area contributed by atoms with Gasteiger partial charge in [0, 0.05) is 16.5 Å². The molecule has 0 amide bonds. The maximum Gasteiger partial charge on any atom is 0.171 e. The second-order valence-corrected chi connectivity index (χ2v) is 4.91. The number of Topliss-reactive ketones (excluding diaryl/α,β-unsaturated/α-hetero) is 1. The average molecular weight is 225 g/mol. The fourth-order valence-corrected chi connectivity index (χ4v) is 2.64. The number of thiophene rings is 1. The topological polar surface area (TPSA) is 38.3 Å². The van der Waals surface area contributed by atoms with Crippen LogP contribution in [0.25, 0.3) is 0 Å². The summed E-state index contributed by atoms with van der Waals surface area (Å²) in [6, 6.07) is 2.07. The summed E-state index contributed by atoms with van der Waals surface area (Å²) in [4.78, 5) is 13.3. The van der Waals surface area contributed by atoms with Crippen LogP contribution >= 0.6 is 11.3 Å². The molecule has 0 spiro atoms. The number of ether oxygens (including phenoxy) is 1. The normalized spacial score (nSPS) is 25.7. The van der Waals surface area contributed by atoms with Gasteiger partial charge in [-0.25, -0.2) is 0 Å². The van der Waals surface area contributed by atoms with Crippen LogP contribution in [0.3, 0.4) is 0 Å². The van der Waals surface area contributed by atoms with Crippen LogP contribution in [-0.2, 0) is 4.74 Å². The first-order valence-corrected chi connectivity index (χ1v) is 5.95. The molecule has 2 rings (SSSR count). The zero-order valence-electron chi connectivity index (χ0n) is 8.95. The van der Waals surface area contributed by atoms with Crippen molar-refractivity contribution in [1.82, 2.24) is 5.32 Å². The van der Waals surface area contributed by atoms with Gasteiger partial charge in [0.1, 0.15) is 0 Å². The molecule has 0 bridgehead atoms. The van der Waals surface area contributed by atoms with Crippen LogP contribution in [0.4, 0.5) is 0 Å². The smallest absolute Gasteiger partial charge is 0.171 e. The van der Waals surface area contributed by atoms with Gasteiger partial charge in [-0.1, -0.05) is 0 Å². The Morgan fingerprint density at radius 1 is 1.60 bits per heavy atom. The Bertz CT molecular complexity index is 361. The SMILES string of the molecule is CNC1COCC1C(=O)c1ccsc1C. The average Bonchev–Trinajstić information content (AvgIpc) is 2.84. The van der Waals surface area contributed by atoms with E-state index in [0.29, 0.717) is 13.2 Å². The highest BCUT2D eigenvalue weighted by Crippen LogP contribution is 2.23. The van der Waals surface area contributed by atoms with Crippen LogP contribution in [0, 0.1) is 12.8 Å². The monoisotopic (exact) mass is 225 g/mol. The predicted octanol–water partition coefficient (Wildman–Crippen LogP) is 1.47. The zero-order chi connectivity index (χ0) is 10.8. The molecular weight excluding hydrogens is 210 g/mol. The summed E-state index contributed by atoms with van der Waals surface area (Å²) in [5, 5.41) is 5.10. The Kier molecular flexibility index (Phi) is 3.19. The van der Waals surface area contributed by atoms with E-state index in [1.54, 1.807) is 11.3 Å². The van der Waals surface area contributed by atoms with E-state index in [0.717, 1.165) is 10.4 Å². The maximum absolute atomic E-state index is 12.2. The number of nitrogens with one attached hydrogen (secondary N) is 1. The Hall–Kier alpha value is -0.710. The Labute approximate surface area is 93.4 Å². The van der Waals surface area contributed by atoms with Gasteiger partial charge in [0.2, 0.25) is 0 Å². The fourth-order valence-electron chi connectivity index (χ4n) is 1.94. The first-order valence-electron chi connectivity index (χ1n) is 5.07. The van der Waals surface area contributed by atoms with E-state index in [4.69, 9.17) is 4.74 Å². The van der Waals surface area contributed by atoms with E-state index in [-0.39, 0.29) is 17.7 Å². The second kappa shape index (κ2) is 4.43. The Balaban J connectivity index is 2.18. The van der Waals surface area contributed by atoms with Crippen molar-refractivity contribution in [2.75, 3.05) is 20.3 Å². The molecule has 2 atom stereocenters. The van der Waals surface area contributed by atoms with Gasteiger partial charge in [-0.15, -0.1) is 11.3 Å². The lowest BCUT2D eigenvalue weighted by Crippen LogP contribution is -2.37. The number of hydrogen-bond acceptors (Lipinski definition) is 4. The van der Waals surface area contributed by atoms with Gasteiger partial charge in [0.25, 0.3) is 0 Å². The molecule has 2 heterocycles. The minimum atomic E-state index is -0.0247. The van der Waals surface area contributed by atoms with Gasteiger partial charge < -0.3 is 10.1 Å². The Morgan fingerprint density at radius 3 is 3.00 bits per heavy atom. The highest BCUT2D eigenvalue weighted by molar-refractivity contribution is 7.10. The first-order chi connectivity index (χ1) is 7.24. The highest BCUT2D eigenvalue weighted by Gasteiger charge is 2.34. The third-order valence-electron chi connectivity index (χ3n) is 2.91. The van der Waals surface area contributed by atoms with Crippen molar-refractivity contribution in [3.8, 4) is 0 Å². The van der Waals surface area contributed by atoms with Gasteiger partial charge in [0.15, 0.2) is 5.78 Å². The number of rotatable bonds is 3. The first kappa shape index (κ1) is 10.8. The van der Waals surface area contributed by atoms with E-state index >= 15 is 0 Å². The number of likely N-dealkylation sites (N-methyl/N-ethyl adjacent to an activating group) is 1. The molecule has 0 aromatic carbocycles. The summed E-state index contributed by atoms with van der Waals surface area (Å²) in [5.41, 5.74) is 0.857. The molecule has 1 N–H and O–H groups in total. The molecule has 0 saturated carbocycles. The molecule has 1 aromatic heterocycles. The summed E-state index contributed by atoms with van der Waals surface area (Å²) in [5.74, 6) is 0.189. The third kappa shape index (κ3) is 1.97. The van der Waals surface area contributed by atoms with Crippen molar-refractivity contribution in [1.29, 1.82) is 0 Å². The summed E-state index contributed by atoms with van der Waals surface area (Å²) < 4.78 is 5.34. The number of carbonyl (C=O) groups excluding carboxylic acids is 1. The van der Waals surface area contributed by atoms with Crippen molar-refractivity contribution < 1.29 is 9.53 Å². The Morgan fingerprint density at radius 2 is 2.40 bits per heavy atom. The number of aryl methyl sites for hydroxylation is 1. The molecule has 1 aliphatic heterocycles. The van der Waals surface area contributed by atoms with E-state index in [9.17, 15) is 4.79 Å². The molecule has 82 valence electrons. The summed E-state index contributed by atoms with van der Waals surface area (Å²) in [6.45, 7) is 3.16. The minimum absolute atomic E-state index is 0.0247. The van der Waals surface area contributed by atoms with Crippen molar-refractivity contribution in [3.05, 3.63) is 21.9 Å². The predicted molar refractivity (Wildman–Crippen MR) is 60.5 cm³/mol. The molecule has 1 fully saturated rings. The summed E-state index contributed by atoms with van der Waals surface area (Å²) >= 11 is 1.62. The lowest BCUT2D eigenvalue weighted by atomic mass is 9.94. The number of ketones is 1. The quantitative estimate of drug-likeness (QED) is 0.792. The molecule has 1 aliphatic rings. The lowest BCUT2D eigenvalue weighted by Gasteiger charge is -2.15. The van der Waals surface area contributed by atoms with E-state index in [1.165, 1.54) is 0 Å². The van der Waals surface area contributed by atoms with Gasteiger partial charge in [-0.05, 0) is 25.4 Å². The third-order valence-corrected chi connectivity index (χ3v) is 3.76. The molecule has 4 heteroatoms. The molecule has 0 aliphatic carbocycles. The van der Waals surface area contributed by atoms with Gasteiger partial charge >= 0.3 is 0 Å².